The molecule has 0 aromatic carbocycles. The van der Waals surface area contributed by atoms with E-state index in [0.717, 1.165) is 25.9 Å². The number of hydrogen-bond acceptors (Lipinski definition) is 3. The zero-order chi connectivity index (χ0) is 9.84. The van der Waals surface area contributed by atoms with E-state index in [-0.39, 0.29) is 12.1 Å². The van der Waals surface area contributed by atoms with Gasteiger partial charge in [-0.2, -0.15) is 0 Å². The Morgan fingerprint density at radius 1 is 1.77 bits per heavy atom. The summed E-state index contributed by atoms with van der Waals surface area (Å²) in [6.07, 6.45) is 1.75. The third-order valence-corrected chi connectivity index (χ3v) is 2.73. The second kappa shape index (κ2) is 4.46. The van der Waals surface area contributed by atoms with Crippen molar-refractivity contribution in [3.05, 3.63) is 0 Å². The highest BCUT2D eigenvalue weighted by Gasteiger charge is 2.29. The van der Waals surface area contributed by atoms with Crippen molar-refractivity contribution < 1.29 is 9.53 Å². The van der Waals surface area contributed by atoms with Gasteiger partial charge in [-0.05, 0) is 18.8 Å². The highest BCUT2D eigenvalue weighted by molar-refractivity contribution is 5.67. The molecule has 0 radical (unpaired) electrons. The first-order valence-electron chi connectivity index (χ1n) is 4.77. The standard InChI is InChI=1S/C9H18N2O2/c1-3-8(10)7-4-5-11(6-7)9(12)13-2/h7-8H,3-6,10H2,1-2H3. The molecule has 2 unspecified atom stereocenters. The van der Waals surface area contributed by atoms with Crippen LogP contribution in [0.15, 0.2) is 0 Å². The van der Waals surface area contributed by atoms with Gasteiger partial charge in [0.05, 0.1) is 7.11 Å². The second-order valence-electron chi connectivity index (χ2n) is 3.54. The predicted molar refractivity (Wildman–Crippen MR) is 50.4 cm³/mol. The average molecular weight is 186 g/mol. The Morgan fingerprint density at radius 2 is 2.46 bits per heavy atom. The fourth-order valence-corrected chi connectivity index (χ4v) is 1.77. The van der Waals surface area contributed by atoms with Crippen LogP contribution in [0, 0.1) is 5.92 Å². The van der Waals surface area contributed by atoms with Crippen molar-refractivity contribution in [1.82, 2.24) is 4.90 Å². The summed E-state index contributed by atoms with van der Waals surface area (Å²) in [5, 5.41) is 0. The molecule has 1 rings (SSSR count). The van der Waals surface area contributed by atoms with Gasteiger partial charge in [-0.15, -0.1) is 0 Å². The fourth-order valence-electron chi connectivity index (χ4n) is 1.77. The summed E-state index contributed by atoms with van der Waals surface area (Å²) < 4.78 is 4.64. The Morgan fingerprint density at radius 3 is 3.00 bits per heavy atom. The van der Waals surface area contributed by atoms with Crippen LogP contribution in [-0.2, 0) is 4.74 Å². The smallest absolute Gasteiger partial charge is 0.409 e. The van der Waals surface area contributed by atoms with Crippen LogP contribution in [0.5, 0.6) is 0 Å². The van der Waals surface area contributed by atoms with Gasteiger partial charge < -0.3 is 15.4 Å². The highest BCUT2D eigenvalue weighted by atomic mass is 16.5. The summed E-state index contributed by atoms with van der Waals surface area (Å²) in [4.78, 5) is 12.9. The SMILES string of the molecule is CCC(N)C1CCN(C(=O)OC)C1. The van der Waals surface area contributed by atoms with Gasteiger partial charge in [0.15, 0.2) is 0 Å². The third-order valence-electron chi connectivity index (χ3n) is 2.73. The van der Waals surface area contributed by atoms with Gasteiger partial charge in [-0.25, -0.2) is 4.79 Å². The number of nitrogens with zero attached hydrogens (tertiary/aromatic N) is 1. The predicted octanol–water partition coefficient (Wildman–Crippen LogP) is 0.812. The topological polar surface area (TPSA) is 55.6 Å². The maximum Gasteiger partial charge on any atom is 0.409 e. The molecule has 1 aliphatic heterocycles. The van der Waals surface area contributed by atoms with E-state index in [1.807, 2.05) is 0 Å². The number of methoxy groups -OCH3 is 1. The van der Waals surface area contributed by atoms with Crippen LogP contribution in [0.25, 0.3) is 0 Å². The molecule has 1 aliphatic rings. The van der Waals surface area contributed by atoms with E-state index in [4.69, 9.17) is 5.73 Å². The number of carbonyl (C=O) groups excluding carboxylic acids is 1. The molecule has 2 N–H and O–H groups in total. The van der Waals surface area contributed by atoms with E-state index in [0.29, 0.717) is 5.92 Å². The summed E-state index contributed by atoms with van der Waals surface area (Å²) in [6.45, 7) is 3.61. The summed E-state index contributed by atoms with van der Waals surface area (Å²) in [6, 6.07) is 0.217. The molecule has 0 aromatic heterocycles. The molecule has 1 heterocycles. The average Bonchev–Trinajstić information content (AvgIpc) is 2.64. The minimum atomic E-state index is -0.231. The van der Waals surface area contributed by atoms with Gasteiger partial charge in [0.2, 0.25) is 0 Å². The van der Waals surface area contributed by atoms with Crippen molar-refractivity contribution in [3.63, 3.8) is 0 Å². The fraction of sp³-hybridized carbons (Fsp3) is 0.889. The van der Waals surface area contributed by atoms with Crippen LogP contribution in [0.1, 0.15) is 19.8 Å². The number of ether oxygens (including phenoxy) is 1. The highest BCUT2D eigenvalue weighted by Crippen LogP contribution is 2.20. The number of carbonyl (C=O) groups is 1. The van der Waals surface area contributed by atoms with Gasteiger partial charge in [-0.1, -0.05) is 6.92 Å². The molecule has 13 heavy (non-hydrogen) atoms. The second-order valence-corrected chi connectivity index (χ2v) is 3.54. The zero-order valence-corrected chi connectivity index (χ0v) is 8.32. The van der Waals surface area contributed by atoms with Crippen LogP contribution in [-0.4, -0.2) is 37.2 Å². The quantitative estimate of drug-likeness (QED) is 0.694. The van der Waals surface area contributed by atoms with E-state index in [2.05, 4.69) is 11.7 Å². The van der Waals surface area contributed by atoms with Gasteiger partial charge in [0.25, 0.3) is 0 Å². The molecule has 0 aromatic rings. The van der Waals surface area contributed by atoms with Crippen molar-refractivity contribution in [3.8, 4) is 0 Å². The molecule has 0 spiro atoms. The van der Waals surface area contributed by atoms with E-state index in [1.54, 1.807) is 4.90 Å². The maximum absolute atomic E-state index is 11.1. The van der Waals surface area contributed by atoms with Crippen LogP contribution in [0.3, 0.4) is 0 Å². The van der Waals surface area contributed by atoms with Gasteiger partial charge in [0.1, 0.15) is 0 Å². The van der Waals surface area contributed by atoms with Crippen molar-refractivity contribution in [2.24, 2.45) is 11.7 Å². The molecule has 0 saturated carbocycles. The van der Waals surface area contributed by atoms with Gasteiger partial charge >= 0.3 is 6.09 Å². The molecule has 1 saturated heterocycles. The first-order chi connectivity index (χ1) is 6.19. The lowest BCUT2D eigenvalue weighted by Crippen LogP contribution is -2.34. The lowest BCUT2D eigenvalue weighted by molar-refractivity contribution is 0.131. The number of hydrogen-bond donors (Lipinski definition) is 1. The van der Waals surface area contributed by atoms with E-state index >= 15 is 0 Å². The van der Waals surface area contributed by atoms with E-state index in [1.165, 1.54) is 7.11 Å². The van der Waals surface area contributed by atoms with Crippen molar-refractivity contribution in [2.75, 3.05) is 20.2 Å². The minimum Gasteiger partial charge on any atom is -0.453 e. The van der Waals surface area contributed by atoms with Crippen molar-refractivity contribution in [1.29, 1.82) is 0 Å². The van der Waals surface area contributed by atoms with Crippen LogP contribution in [0.4, 0.5) is 4.79 Å². The lowest BCUT2D eigenvalue weighted by atomic mass is 9.98. The summed E-state index contributed by atoms with van der Waals surface area (Å²) >= 11 is 0. The molecule has 2 atom stereocenters. The Hall–Kier alpha value is -0.770. The first-order valence-corrected chi connectivity index (χ1v) is 4.77. The van der Waals surface area contributed by atoms with Crippen molar-refractivity contribution in [2.45, 2.75) is 25.8 Å². The molecular weight excluding hydrogens is 168 g/mol. The van der Waals surface area contributed by atoms with Gasteiger partial charge in [-0.3, -0.25) is 0 Å². The number of amides is 1. The molecule has 4 nitrogen and oxygen atoms in total. The van der Waals surface area contributed by atoms with Crippen molar-refractivity contribution >= 4 is 6.09 Å². The molecule has 0 aliphatic carbocycles. The Balaban J connectivity index is 2.40. The molecule has 76 valence electrons. The molecular formula is C9H18N2O2. The summed E-state index contributed by atoms with van der Waals surface area (Å²) in [5.74, 6) is 0.448. The Labute approximate surface area is 79.0 Å². The maximum atomic E-state index is 11.1. The van der Waals surface area contributed by atoms with Crippen LogP contribution >= 0.6 is 0 Å². The molecule has 4 heteroatoms. The number of likely N-dealkylation sites (tertiary alicyclic amines) is 1. The Bertz CT molecular complexity index is 184. The molecule has 1 fully saturated rings. The lowest BCUT2D eigenvalue weighted by Gasteiger charge is -2.18. The molecule has 0 bridgehead atoms. The normalized spacial score (nSPS) is 24.5. The largest absolute Gasteiger partial charge is 0.453 e. The first kappa shape index (κ1) is 10.3. The minimum absolute atomic E-state index is 0.217. The van der Waals surface area contributed by atoms with E-state index in [9.17, 15) is 4.79 Å². The number of nitrogens with two attached hydrogens (primary N) is 1. The van der Waals surface area contributed by atoms with Crippen LogP contribution < -0.4 is 5.73 Å². The molecule has 1 amide bonds. The zero-order valence-electron chi connectivity index (χ0n) is 8.32. The summed E-state index contributed by atoms with van der Waals surface area (Å²) in [7, 11) is 1.41. The monoisotopic (exact) mass is 186 g/mol. The van der Waals surface area contributed by atoms with Gasteiger partial charge in [0, 0.05) is 19.1 Å². The number of rotatable bonds is 2. The van der Waals surface area contributed by atoms with E-state index < -0.39 is 0 Å². The Kier molecular flexibility index (Phi) is 3.54. The van der Waals surface area contributed by atoms with Crippen LogP contribution in [0.2, 0.25) is 0 Å². The third kappa shape index (κ3) is 2.34. The summed E-state index contributed by atoms with van der Waals surface area (Å²) in [5.41, 5.74) is 5.90.